The normalized spacial score (nSPS) is 20.3. The van der Waals surface area contributed by atoms with Crippen LogP contribution in [-0.4, -0.2) is 5.90 Å². The molecule has 0 saturated heterocycles. The molecule has 1 heterocycles. The lowest BCUT2D eigenvalue weighted by atomic mass is 9.79. The van der Waals surface area contributed by atoms with E-state index in [0.29, 0.717) is 11.4 Å². The molecule has 0 bridgehead atoms. The quantitative estimate of drug-likeness (QED) is 0.579. The van der Waals surface area contributed by atoms with Gasteiger partial charge in [0, 0.05) is 26.8 Å². The molecule has 2 aromatic rings. The number of nitrogens with two attached hydrogens (primary N) is 1. The first-order chi connectivity index (χ1) is 10.1. The Morgan fingerprint density at radius 3 is 2.67 bits per heavy atom. The minimum Gasteiger partial charge on any atom is -0.442 e. The molecule has 2 unspecified atom stereocenters. The van der Waals surface area contributed by atoms with Crippen LogP contribution in [0.2, 0.25) is 0 Å². The molecule has 4 nitrogen and oxygen atoms in total. The van der Waals surface area contributed by atoms with Gasteiger partial charge in [-0.3, -0.25) is 5.41 Å². The average Bonchev–Trinajstić information content (AvgIpc) is 2.46. The number of ether oxygens (including phenoxy) is 1. The van der Waals surface area contributed by atoms with Crippen LogP contribution in [0.5, 0.6) is 5.75 Å². The van der Waals surface area contributed by atoms with Crippen molar-refractivity contribution in [2.24, 2.45) is 5.92 Å². The van der Waals surface area contributed by atoms with Crippen molar-refractivity contribution >= 4 is 34.2 Å². The maximum Gasteiger partial charge on any atom is 0.205 e. The summed E-state index contributed by atoms with van der Waals surface area (Å²) in [5.41, 5.74) is 8.30. The molecule has 2 atom stereocenters. The molecule has 0 spiro atoms. The fourth-order valence-electron chi connectivity index (χ4n) is 2.62. The van der Waals surface area contributed by atoms with Crippen molar-refractivity contribution in [3.63, 3.8) is 0 Å². The van der Waals surface area contributed by atoms with Crippen LogP contribution in [0.1, 0.15) is 17.0 Å². The lowest BCUT2D eigenvalue weighted by molar-refractivity contribution is 0.450. The number of hydrogen-bond donors (Lipinski definition) is 2. The number of benzene rings is 2. The van der Waals surface area contributed by atoms with E-state index in [1.165, 1.54) is 0 Å². The summed E-state index contributed by atoms with van der Waals surface area (Å²) in [4.78, 5) is 0. The number of rotatable bonds is 1. The second-order valence-electron chi connectivity index (χ2n) is 4.87. The predicted molar refractivity (Wildman–Crippen MR) is 89.3 cm³/mol. The van der Waals surface area contributed by atoms with E-state index in [-0.39, 0.29) is 11.8 Å². The highest BCUT2D eigenvalue weighted by atomic mass is 127. The highest BCUT2D eigenvalue weighted by Gasteiger charge is 2.37. The van der Waals surface area contributed by atoms with Gasteiger partial charge in [0.25, 0.3) is 0 Å². The van der Waals surface area contributed by atoms with Gasteiger partial charge < -0.3 is 10.5 Å². The van der Waals surface area contributed by atoms with Crippen molar-refractivity contribution in [3.8, 4) is 11.8 Å². The van der Waals surface area contributed by atoms with E-state index in [0.717, 1.165) is 14.7 Å². The summed E-state index contributed by atoms with van der Waals surface area (Å²) < 4.78 is 6.55. The first-order valence-electron chi connectivity index (χ1n) is 6.41. The van der Waals surface area contributed by atoms with E-state index in [2.05, 4.69) is 28.7 Å². The molecule has 1 aliphatic rings. The molecule has 3 rings (SSSR count). The van der Waals surface area contributed by atoms with E-state index >= 15 is 0 Å². The second-order valence-corrected chi connectivity index (χ2v) is 6.03. The van der Waals surface area contributed by atoms with Gasteiger partial charge in [0.05, 0.1) is 6.07 Å². The van der Waals surface area contributed by atoms with Gasteiger partial charge in [-0.1, -0.05) is 24.3 Å². The van der Waals surface area contributed by atoms with Crippen LogP contribution in [0.3, 0.4) is 0 Å². The van der Waals surface area contributed by atoms with Crippen LogP contribution in [-0.2, 0) is 0 Å². The molecular formula is C16H12IN3O. The summed E-state index contributed by atoms with van der Waals surface area (Å²) in [7, 11) is 0. The van der Waals surface area contributed by atoms with E-state index in [9.17, 15) is 5.26 Å². The number of fused-ring (bicyclic) bond motifs is 1. The SMILES string of the molecule is N#CC1C(=N)Oc2cc(N)ccc2C1c1ccccc1I. The predicted octanol–water partition coefficient (Wildman–Crippen LogP) is 3.51. The zero-order valence-corrected chi connectivity index (χ0v) is 13.2. The van der Waals surface area contributed by atoms with Gasteiger partial charge in [0.1, 0.15) is 11.7 Å². The lowest BCUT2D eigenvalue weighted by Gasteiger charge is -2.31. The summed E-state index contributed by atoms with van der Waals surface area (Å²) >= 11 is 2.26. The van der Waals surface area contributed by atoms with Gasteiger partial charge in [-0.25, -0.2) is 0 Å². The number of nitrogens with zero attached hydrogens (tertiary/aromatic N) is 1. The summed E-state index contributed by atoms with van der Waals surface area (Å²) in [5.74, 6) is -0.298. The minimum atomic E-state index is -0.628. The van der Waals surface area contributed by atoms with Gasteiger partial charge in [-0.15, -0.1) is 0 Å². The number of nitrogen functional groups attached to an aromatic ring is 1. The van der Waals surface area contributed by atoms with Crippen molar-refractivity contribution in [1.29, 1.82) is 10.7 Å². The molecule has 3 N–H and O–H groups in total. The van der Waals surface area contributed by atoms with Crippen LogP contribution < -0.4 is 10.5 Å². The third-order valence-corrected chi connectivity index (χ3v) is 4.57. The Morgan fingerprint density at radius 2 is 1.95 bits per heavy atom. The minimum absolute atomic E-state index is 0.0275. The first kappa shape index (κ1) is 13.9. The summed E-state index contributed by atoms with van der Waals surface area (Å²) in [6.45, 7) is 0. The van der Waals surface area contributed by atoms with Gasteiger partial charge in [0.2, 0.25) is 5.90 Å². The largest absolute Gasteiger partial charge is 0.442 e. The monoisotopic (exact) mass is 389 g/mol. The molecule has 0 radical (unpaired) electrons. The Balaban J connectivity index is 2.23. The number of anilines is 1. The molecular weight excluding hydrogens is 377 g/mol. The van der Waals surface area contributed by atoms with E-state index in [4.69, 9.17) is 15.9 Å². The molecule has 0 fully saturated rings. The highest BCUT2D eigenvalue weighted by Crippen LogP contribution is 2.43. The van der Waals surface area contributed by atoms with Gasteiger partial charge >= 0.3 is 0 Å². The van der Waals surface area contributed by atoms with Crippen LogP contribution >= 0.6 is 22.6 Å². The third-order valence-electron chi connectivity index (χ3n) is 3.59. The summed E-state index contributed by atoms with van der Waals surface area (Å²) in [6, 6.07) is 15.5. The van der Waals surface area contributed by atoms with E-state index < -0.39 is 5.92 Å². The fourth-order valence-corrected chi connectivity index (χ4v) is 3.34. The molecule has 0 aromatic heterocycles. The van der Waals surface area contributed by atoms with Gasteiger partial charge in [0.15, 0.2) is 0 Å². The van der Waals surface area contributed by atoms with Crippen LogP contribution in [0.25, 0.3) is 0 Å². The van der Waals surface area contributed by atoms with E-state index in [1.54, 1.807) is 12.1 Å². The zero-order chi connectivity index (χ0) is 15.0. The lowest BCUT2D eigenvalue weighted by Crippen LogP contribution is -2.31. The fraction of sp³-hybridized carbons (Fsp3) is 0.125. The highest BCUT2D eigenvalue weighted by molar-refractivity contribution is 14.1. The average molecular weight is 389 g/mol. The number of nitrogens with one attached hydrogen (secondary N) is 1. The molecule has 104 valence electrons. The molecule has 0 aliphatic carbocycles. The van der Waals surface area contributed by atoms with Crippen molar-refractivity contribution < 1.29 is 4.74 Å². The topological polar surface area (TPSA) is 82.9 Å². The Kier molecular flexibility index (Phi) is 3.55. The summed E-state index contributed by atoms with van der Waals surface area (Å²) in [6.07, 6.45) is 0. The Hall–Kier alpha value is -2.07. The molecule has 2 aromatic carbocycles. The van der Waals surface area contributed by atoms with Gasteiger partial charge in [-0.2, -0.15) is 5.26 Å². The van der Waals surface area contributed by atoms with Crippen molar-refractivity contribution in [3.05, 3.63) is 57.2 Å². The summed E-state index contributed by atoms with van der Waals surface area (Å²) in [5, 5.41) is 17.5. The molecule has 1 aliphatic heterocycles. The first-order valence-corrected chi connectivity index (χ1v) is 7.49. The Morgan fingerprint density at radius 1 is 1.19 bits per heavy atom. The standard InChI is InChI=1S/C16H12IN3O/c17-13-4-2-1-3-10(13)15-11-6-5-9(19)7-14(11)21-16(20)12(15)8-18/h1-7,12,15,20H,19H2. The number of halogens is 1. The van der Waals surface area contributed by atoms with Crippen LogP contribution in [0.4, 0.5) is 5.69 Å². The van der Waals surface area contributed by atoms with Crippen molar-refractivity contribution in [2.45, 2.75) is 5.92 Å². The van der Waals surface area contributed by atoms with E-state index in [1.807, 2.05) is 30.3 Å². The molecule has 0 amide bonds. The Bertz CT molecular complexity index is 766. The van der Waals surface area contributed by atoms with Crippen molar-refractivity contribution in [1.82, 2.24) is 0 Å². The zero-order valence-electron chi connectivity index (χ0n) is 11.0. The molecule has 21 heavy (non-hydrogen) atoms. The Labute approximate surface area is 136 Å². The molecule has 0 saturated carbocycles. The second kappa shape index (κ2) is 5.37. The van der Waals surface area contributed by atoms with Crippen LogP contribution in [0, 0.1) is 26.2 Å². The van der Waals surface area contributed by atoms with Crippen molar-refractivity contribution in [2.75, 3.05) is 5.73 Å². The number of nitriles is 1. The third kappa shape index (κ3) is 2.36. The number of hydrogen-bond acceptors (Lipinski definition) is 4. The molecule has 5 heteroatoms. The van der Waals surface area contributed by atoms with Crippen LogP contribution in [0.15, 0.2) is 42.5 Å². The smallest absolute Gasteiger partial charge is 0.205 e. The van der Waals surface area contributed by atoms with Gasteiger partial charge in [-0.05, 0) is 40.3 Å². The maximum absolute atomic E-state index is 9.47. The maximum atomic E-state index is 9.47.